The van der Waals surface area contributed by atoms with Crippen LogP contribution in [0.4, 0.5) is 0 Å². The van der Waals surface area contributed by atoms with Crippen LogP contribution in [0.15, 0.2) is 48.5 Å². The Morgan fingerprint density at radius 3 is 0.869 bits per heavy atom. The van der Waals surface area contributed by atoms with Crippen molar-refractivity contribution in [3.05, 3.63) is 105 Å². The van der Waals surface area contributed by atoms with Gasteiger partial charge in [0.1, 0.15) is 0 Å². The van der Waals surface area contributed by atoms with Crippen LogP contribution in [0.2, 0.25) is 0 Å². The Bertz CT molecular complexity index is 3920. The molecular weight excluding hydrogens is 1020 g/mol. The Labute approximate surface area is 499 Å². The van der Waals surface area contributed by atoms with Crippen LogP contribution in [0, 0.1) is 0 Å². The monoisotopic (exact) mass is 1120 g/mol. The molecule has 2 aliphatic heterocycles. The molecule has 12 rings (SSSR count). The number of aryl methyl sites for hydroxylation is 6. The Kier molecular flexibility index (Phi) is 18.3. The van der Waals surface area contributed by atoms with E-state index < -0.39 is 0 Å². The van der Waals surface area contributed by atoms with Crippen LogP contribution in [0.5, 0.6) is 0 Å². The van der Waals surface area contributed by atoms with Gasteiger partial charge in [-0.2, -0.15) is 0 Å². The maximum absolute atomic E-state index is 6.02. The number of hydrogen-bond donors (Lipinski definition) is 4. The van der Waals surface area contributed by atoms with Crippen molar-refractivity contribution in [2.24, 2.45) is 0 Å². The molecule has 0 spiro atoms. The van der Waals surface area contributed by atoms with Crippen molar-refractivity contribution >= 4 is 123 Å². The topological polar surface area (TPSA) is 115 Å². The highest BCUT2D eigenvalue weighted by atomic mass is 14.8. The number of nitrogens with zero attached hydrogens (tertiary/aromatic N) is 4. The van der Waals surface area contributed by atoms with Gasteiger partial charge in [0, 0.05) is 98.8 Å². The van der Waals surface area contributed by atoms with Crippen molar-refractivity contribution < 1.29 is 0 Å². The van der Waals surface area contributed by atoms with Gasteiger partial charge in [0.2, 0.25) is 0 Å². The van der Waals surface area contributed by atoms with Crippen molar-refractivity contribution in [3.63, 3.8) is 0 Å². The first kappa shape index (κ1) is 57.6. The summed E-state index contributed by atoms with van der Waals surface area (Å²) in [7, 11) is 0. The highest BCUT2D eigenvalue weighted by molar-refractivity contribution is 6.39. The van der Waals surface area contributed by atoms with E-state index in [1.54, 1.807) is 0 Å². The second-order valence-corrected chi connectivity index (χ2v) is 25.2. The fourth-order valence-corrected chi connectivity index (χ4v) is 14.4. The van der Waals surface area contributed by atoms with Crippen molar-refractivity contribution in [1.82, 2.24) is 39.9 Å². The summed E-state index contributed by atoms with van der Waals surface area (Å²) < 4.78 is 0. The van der Waals surface area contributed by atoms with Gasteiger partial charge in [0.05, 0.1) is 55.9 Å². The van der Waals surface area contributed by atoms with E-state index in [-0.39, 0.29) is 0 Å². The Hall–Kier alpha value is -6.80. The zero-order chi connectivity index (χ0) is 57.5. The lowest BCUT2D eigenvalue weighted by Crippen LogP contribution is -1.94. The second-order valence-electron chi connectivity index (χ2n) is 25.2. The molecule has 10 aromatic rings. The number of hydrogen-bond acceptors (Lipinski definition) is 4. The van der Waals surface area contributed by atoms with Gasteiger partial charge in [0.25, 0.3) is 0 Å². The summed E-state index contributed by atoms with van der Waals surface area (Å²) in [6.07, 6.45) is 43.6. The summed E-state index contributed by atoms with van der Waals surface area (Å²) in [5.41, 5.74) is 25.7. The lowest BCUT2D eigenvalue weighted by Gasteiger charge is -2.07. The summed E-state index contributed by atoms with van der Waals surface area (Å²) in [6, 6.07) is 19.3. The quantitative estimate of drug-likeness (QED) is 0.0336. The highest BCUT2D eigenvalue weighted by Gasteiger charge is 2.26. The molecule has 10 heterocycles. The van der Waals surface area contributed by atoms with Crippen molar-refractivity contribution in [2.75, 3.05) is 0 Å². The van der Waals surface area contributed by atoms with Crippen molar-refractivity contribution in [2.45, 2.75) is 234 Å². The predicted molar refractivity (Wildman–Crippen MR) is 364 cm³/mol. The third-order valence-corrected chi connectivity index (χ3v) is 19.1. The first-order valence-corrected chi connectivity index (χ1v) is 33.9. The van der Waals surface area contributed by atoms with Crippen LogP contribution in [-0.4, -0.2) is 39.9 Å². The van der Waals surface area contributed by atoms with Crippen LogP contribution < -0.4 is 0 Å². The number of fused-ring (bicyclic) bond motifs is 14. The van der Waals surface area contributed by atoms with Crippen LogP contribution in [0.1, 0.15) is 252 Å². The van der Waals surface area contributed by atoms with Gasteiger partial charge < -0.3 is 19.9 Å². The van der Waals surface area contributed by atoms with Gasteiger partial charge in [-0.1, -0.05) is 157 Å². The normalized spacial score (nSPS) is 12.8. The van der Waals surface area contributed by atoms with E-state index in [4.69, 9.17) is 19.9 Å². The minimum absolute atomic E-state index is 0.943. The molecule has 0 fully saturated rings. The number of aromatic nitrogens is 8. The van der Waals surface area contributed by atoms with E-state index >= 15 is 0 Å². The summed E-state index contributed by atoms with van der Waals surface area (Å²) in [4.78, 5) is 40.2. The zero-order valence-corrected chi connectivity index (χ0v) is 51.9. The molecule has 2 aliphatic rings. The second kappa shape index (κ2) is 26.6. The molecule has 8 nitrogen and oxygen atoms in total. The molecule has 0 unspecified atom stereocenters. The molecule has 4 N–H and O–H groups in total. The summed E-state index contributed by atoms with van der Waals surface area (Å²) in [5, 5.41) is 7.10. The van der Waals surface area contributed by atoms with Crippen LogP contribution in [0.3, 0.4) is 0 Å². The van der Waals surface area contributed by atoms with Gasteiger partial charge in [-0.25, -0.2) is 19.9 Å². The lowest BCUT2D eigenvalue weighted by molar-refractivity contribution is 0.666. The average Bonchev–Trinajstić information content (AvgIpc) is 1.72. The van der Waals surface area contributed by atoms with Gasteiger partial charge in [0.15, 0.2) is 0 Å². The minimum Gasteiger partial charge on any atom is -0.355 e. The number of benzene rings is 2. The summed E-state index contributed by atoms with van der Waals surface area (Å²) >= 11 is 0. The molecule has 0 amide bonds. The number of aromatic amines is 4. The van der Waals surface area contributed by atoms with E-state index in [2.05, 4.69) is 134 Å². The molecule has 0 saturated carbocycles. The molecule has 2 aromatic carbocycles. The Balaban J connectivity index is 1.27. The highest BCUT2D eigenvalue weighted by Crippen LogP contribution is 2.46. The molecule has 0 aliphatic carbocycles. The standard InChI is InChI=1S/C76H94N8/c1-7-13-19-25-31-49-59-37-41-63(77-59)51(33-27-21-15-9-3)67-45-55-57-47-69-53(35-29-23-17-11-5)65-43-39-61(79-65)50(32-26-20-14-8-2)62-40-44-66(80-62)54(36-30-24-18-12-6)70-48-58-56-46-68(52(34-28-22-16-10-4)64-42-38-60(49)78-64)82-74(56)71(73(55)81-67)72(75(57)83-69)76(58)84-70/h37-48,77,80,82-83H,7-36H2,1-6H3. The fraction of sp³-hybridized carbons (Fsp3) is 0.474. The molecule has 84 heavy (non-hydrogen) atoms. The number of nitrogens with one attached hydrogen (secondary N) is 4. The first-order valence-electron chi connectivity index (χ1n) is 33.9. The molecule has 0 atom stereocenters. The van der Waals surface area contributed by atoms with E-state index in [1.165, 1.54) is 193 Å². The maximum Gasteiger partial charge on any atom is 0.0818 e. The minimum atomic E-state index is 0.943. The molecule has 16 bridgehead atoms. The third-order valence-electron chi connectivity index (χ3n) is 19.1. The Morgan fingerprint density at radius 2 is 0.560 bits per heavy atom. The fourth-order valence-electron chi connectivity index (χ4n) is 14.4. The predicted octanol–water partition coefficient (Wildman–Crippen LogP) is 22.3. The SMILES string of the molecule is CCCCCCc1c2nc(c(CCCCCC)c3cc4c5cc6nc5c5c7[nH]c(cc7c7cc(nc7c5c4[nH]3)c(CCCCCC)c3ccc1[nH]3)c(CCCCCC)c1nc(c(CCCCCC)c3ccc([nH]3)c6CCCCCC)C=C1)C=C2. The van der Waals surface area contributed by atoms with Crippen LogP contribution >= 0.6 is 0 Å². The van der Waals surface area contributed by atoms with Crippen LogP contribution in [0.25, 0.3) is 123 Å². The van der Waals surface area contributed by atoms with Gasteiger partial charge in [-0.15, -0.1) is 0 Å². The molecule has 438 valence electrons. The van der Waals surface area contributed by atoms with E-state index in [9.17, 15) is 0 Å². The van der Waals surface area contributed by atoms with E-state index in [0.29, 0.717) is 0 Å². The summed E-state index contributed by atoms with van der Waals surface area (Å²) in [6.45, 7) is 13.9. The lowest BCUT2D eigenvalue weighted by atomic mass is 9.98. The van der Waals surface area contributed by atoms with E-state index in [1.807, 2.05) is 0 Å². The van der Waals surface area contributed by atoms with Crippen molar-refractivity contribution in [3.8, 4) is 0 Å². The first-order chi connectivity index (χ1) is 41.4. The van der Waals surface area contributed by atoms with E-state index in [0.717, 1.165) is 155 Å². The average molecular weight is 1120 g/mol. The number of unbranched alkanes of at least 4 members (excludes halogenated alkanes) is 18. The van der Waals surface area contributed by atoms with Crippen LogP contribution in [-0.2, 0) is 38.5 Å². The van der Waals surface area contributed by atoms with Gasteiger partial charge in [-0.3, -0.25) is 0 Å². The van der Waals surface area contributed by atoms with Gasteiger partial charge >= 0.3 is 0 Å². The number of rotatable bonds is 30. The third kappa shape index (κ3) is 11.6. The van der Waals surface area contributed by atoms with Crippen molar-refractivity contribution in [1.29, 1.82) is 0 Å². The molecule has 8 heteroatoms. The molecular formula is C76H94N8. The smallest absolute Gasteiger partial charge is 0.0818 e. The molecule has 0 saturated heterocycles. The largest absolute Gasteiger partial charge is 0.355 e. The Morgan fingerprint density at radius 1 is 0.274 bits per heavy atom. The number of H-pyrrole nitrogens is 4. The summed E-state index contributed by atoms with van der Waals surface area (Å²) in [5.74, 6) is 0. The molecule has 8 aromatic heterocycles. The zero-order valence-electron chi connectivity index (χ0n) is 51.9. The maximum atomic E-state index is 6.02. The molecule has 0 radical (unpaired) electrons. The van der Waals surface area contributed by atoms with Gasteiger partial charge in [-0.05, 0) is 150 Å².